The van der Waals surface area contributed by atoms with E-state index in [0.717, 1.165) is 0 Å². The Morgan fingerprint density at radius 1 is 1.30 bits per heavy atom. The van der Waals surface area contributed by atoms with Crippen LogP contribution in [0.4, 0.5) is 16.3 Å². The average molecular weight is 312 g/mol. The van der Waals surface area contributed by atoms with Gasteiger partial charge < -0.3 is 16.4 Å². The molecule has 0 radical (unpaired) electrons. The van der Waals surface area contributed by atoms with Crippen molar-refractivity contribution in [3.8, 4) is 0 Å². The number of nitrogens with one attached hydrogen (secondary N) is 2. The van der Waals surface area contributed by atoms with E-state index in [-0.39, 0.29) is 6.54 Å². The van der Waals surface area contributed by atoms with Crippen LogP contribution in [-0.2, 0) is 6.54 Å². The Morgan fingerprint density at radius 3 is 2.80 bits per heavy atom. The highest BCUT2D eigenvalue weighted by atomic mass is 35.5. The first-order valence-electron chi connectivity index (χ1n) is 5.60. The lowest BCUT2D eigenvalue weighted by Crippen LogP contribution is -2.28. The number of hydrogen-bond acceptors (Lipinski definition) is 4. The molecule has 0 unspecified atom stereocenters. The van der Waals surface area contributed by atoms with E-state index in [1.165, 1.54) is 6.33 Å². The Labute approximate surface area is 125 Å². The molecule has 4 N–H and O–H groups in total. The Bertz CT molecular complexity index is 635. The summed E-state index contributed by atoms with van der Waals surface area (Å²) < 4.78 is 0. The fourth-order valence-electron chi connectivity index (χ4n) is 1.43. The highest BCUT2D eigenvalue weighted by Gasteiger charge is 2.06. The fourth-order valence-corrected chi connectivity index (χ4v) is 1.73. The first kappa shape index (κ1) is 14.4. The van der Waals surface area contributed by atoms with Crippen LogP contribution in [0, 0.1) is 0 Å². The molecule has 0 aliphatic carbocycles. The molecule has 2 rings (SSSR count). The first-order valence-corrected chi connectivity index (χ1v) is 6.36. The third-order valence-corrected chi connectivity index (χ3v) is 3.18. The minimum absolute atomic E-state index is 0.222. The van der Waals surface area contributed by atoms with E-state index < -0.39 is 6.03 Å². The van der Waals surface area contributed by atoms with Gasteiger partial charge in [0.05, 0.1) is 10.0 Å². The molecule has 104 valence electrons. The van der Waals surface area contributed by atoms with Crippen LogP contribution >= 0.6 is 23.2 Å². The largest absolute Gasteiger partial charge is 0.383 e. The van der Waals surface area contributed by atoms with E-state index in [1.807, 2.05) is 0 Å². The number of rotatable bonds is 3. The molecule has 0 atom stereocenters. The standard InChI is InChI=1S/C12H11Cl2N5O/c13-9-2-1-8(3-10(9)14)19-12(20)17-5-7-4-16-6-18-11(7)15/h1-4,6H,5H2,(H2,15,16,18)(H2,17,19,20). The SMILES string of the molecule is Nc1ncncc1CNC(=O)Nc1ccc(Cl)c(Cl)c1. The Morgan fingerprint density at radius 2 is 2.10 bits per heavy atom. The monoisotopic (exact) mass is 311 g/mol. The topological polar surface area (TPSA) is 92.9 Å². The molecule has 1 aromatic carbocycles. The molecule has 20 heavy (non-hydrogen) atoms. The summed E-state index contributed by atoms with van der Waals surface area (Å²) in [5.74, 6) is 0.329. The van der Waals surface area contributed by atoms with E-state index in [0.29, 0.717) is 27.1 Å². The summed E-state index contributed by atoms with van der Waals surface area (Å²) in [5, 5.41) is 6.05. The van der Waals surface area contributed by atoms with Crippen molar-refractivity contribution in [1.82, 2.24) is 15.3 Å². The second kappa shape index (κ2) is 6.40. The number of aromatic nitrogens is 2. The van der Waals surface area contributed by atoms with Gasteiger partial charge in [0, 0.05) is 24.0 Å². The lowest BCUT2D eigenvalue weighted by molar-refractivity contribution is 0.252. The van der Waals surface area contributed by atoms with Gasteiger partial charge in [0.2, 0.25) is 0 Å². The van der Waals surface area contributed by atoms with Crippen molar-refractivity contribution in [2.24, 2.45) is 0 Å². The minimum atomic E-state index is -0.397. The van der Waals surface area contributed by atoms with Crippen molar-refractivity contribution in [1.29, 1.82) is 0 Å². The molecular formula is C12H11Cl2N5O. The summed E-state index contributed by atoms with van der Waals surface area (Å²) >= 11 is 11.6. The highest BCUT2D eigenvalue weighted by Crippen LogP contribution is 2.24. The number of nitrogens with zero attached hydrogens (tertiary/aromatic N) is 2. The van der Waals surface area contributed by atoms with Crippen molar-refractivity contribution < 1.29 is 4.79 Å². The molecule has 8 heteroatoms. The van der Waals surface area contributed by atoms with E-state index in [2.05, 4.69) is 20.6 Å². The molecule has 0 saturated heterocycles. The Hall–Kier alpha value is -2.05. The summed E-state index contributed by atoms with van der Waals surface area (Å²) in [5.41, 5.74) is 6.81. The maximum atomic E-state index is 11.7. The predicted molar refractivity (Wildman–Crippen MR) is 78.8 cm³/mol. The number of nitrogens with two attached hydrogens (primary N) is 1. The minimum Gasteiger partial charge on any atom is -0.383 e. The number of halogens is 2. The van der Waals surface area contributed by atoms with E-state index in [9.17, 15) is 4.79 Å². The summed E-state index contributed by atoms with van der Waals surface area (Å²) in [6.45, 7) is 0.222. The first-order chi connectivity index (χ1) is 9.56. The second-order valence-electron chi connectivity index (χ2n) is 3.87. The number of hydrogen-bond donors (Lipinski definition) is 3. The van der Waals surface area contributed by atoms with Crippen molar-refractivity contribution in [3.05, 3.63) is 46.3 Å². The molecule has 0 aliphatic heterocycles. The smallest absolute Gasteiger partial charge is 0.319 e. The van der Waals surface area contributed by atoms with Crippen LogP contribution in [0.3, 0.4) is 0 Å². The highest BCUT2D eigenvalue weighted by molar-refractivity contribution is 6.42. The zero-order valence-electron chi connectivity index (χ0n) is 10.2. The number of carbonyl (C=O) groups is 1. The van der Waals surface area contributed by atoms with Crippen molar-refractivity contribution in [2.45, 2.75) is 6.54 Å². The molecule has 6 nitrogen and oxygen atoms in total. The van der Waals surface area contributed by atoms with Gasteiger partial charge in [-0.25, -0.2) is 14.8 Å². The van der Waals surface area contributed by atoms with Crippen molar-refractivity contribution in [2.75, 3.05) is 11.1 Å². The number of anilines is 2. The summed E-state index contributed by atoms with van der Waals surface area (Å²) in [4.78, 5) is 19.4. The summed E-state index contributed by atoms with van der Waals surface area (Å²) in [6.07, 6.45) is 2.89. The molecule has 0 spiro atoms. The van der Waals surface area contributed by atoms with Crippen molar-refractivity contribution in [3.63, 3.8) is 0 Å². The van der Waals surface area contributed by atoms with Crippen LogP contribution < -0.4 is 16.4 Å². The number of benzene rings is 1. The molecule has 2 aromatic rings. The second-order valence-corrected chi connectivity index (χ2v) is 4.68. The van der Waals surface area contributed by atoms with Gasteiger partial charge in [-0.3, -0.25) is 0 Å². The molecule has 0 aliphatic rings. The normalized spacial score (nSPS) is 10.1. The van der Waals surface area contributed by atoms with Gasteiger partial charge in [0.1, 0.15) is 12.1 Å². The number of urea groups is 1. The molecule has 2 amide bonds. The zero-order chi connectivity index (χ0) is 14.5. The lowest BCUT2D eigenvalue weighted by atomic mass is 10.3. The van der Waals surface area contributed by atoms with Crippen LogP contribution in [0.2, 0.25) is 10.0 Å². The maximum absolute atomic E-state index is 11.7. The van der Waals surface area contributed by atoms with Gasteiger partial charge in [-0.1, -0.05) is 23.2 Å². The fraction of sp³-hybridized carbons (Fsp3) is 0.0833. The predicted octanol–water partition coefficient (Wildman–Crippen LogP) is 2.69. The van der Waals surface area contributed by atoms with E-state index in [4.69, 9.17) is 28.9 Å². The van der Waals surface area contributed by atoms with Crippen LogP contribution in [0.15, 0.2) is 30.7 Å². The molecule has 0 bridgehead atoms. The third-order valence-electron chi connectivity index (χ3n) is 2.44. The Balaban J connectivity index is 1.93. The third kappa shape index (κ3) is 3.72. The van der Waals surface area contributed by atoms with Gasteiger partial charge in [-0.2, -0.15) is 0 Å². The van der Waals surface area contributed by atoms with Gasteiger partial charge in [-0.15, -0.1) is 0 Å². The van der Waals surface area contributed by atoms with Gasteiger partial charge in [0.25, 0.3) is 0 Å². The quantitative estimate of drug-likeness (QED) is 0.812. The molecular weight excluding hydrogens is 301 g/mol. The lowest BCUT2D eigenvalue weighted by Gasteiger charge is -2.09. The van der Waals surface area contributed by atoms with E-state index >= 15 is 0 Å². The average Bonchev–Trinajstić information content (AvgIpc) is 2.42. The van der Waals surface area contributed by atoms with Gasteiger partial charge >= 0.3 is 6.03 Å². The number of carbonyl (C=O) groups excluding carboxylic acids is 1. The summed E-state index contributed by atoms with van der Waals surface area (Å²) in [7, 11) is 0. The maximum Gasteiger partial charge on any atom is 0.319 e. The molecule has 1 aromatic heterocycles. The van der Waals surface area contributed by atoms with Crippen LogP contribution in [0.5, 0.6) is 0 Å². The number of amides is 2. The number of nitrogen functional groups attached to an aromatic ring is 1. The van der Waals surface area contributed by atoms with Crippen LogP contribution in [-0.4, -0.2) is 16.0 Å². The molecule has 0 fully saturated rings. The van der Waals surface area contributed by atoms with Crippen LogP contribution in [0.1, 0.15) is 5.56 Å². The van der Waals surface area contributed by atoms with Gasteiger partial charge in [-0.05, 0) is 18.2 Å². The molecule has 0 saturated carbocycles. The Kier molecular flexibility index (Phi) is 4.60. The van der Waals surface area contributed by atoms with E-state index in [1.54, 1.807) is 24.4 Å². The van der Waals surface area contributed by atoms with Crippen LogP contribution in [0.25, 0.3) is 0 Å². The zero-order valence-corrected chi connectivity index (χ0v) is 11.7. The summed E-state index contributed by atoms with van der Waals surface area (Å²) in [6, 6.07) is 4.41. The molecule has 1 heterocycles. The van der Waals surface area contributed by atoms with Crippen molar-refractivity contribution >= 4 is 40.7 Å². The van der Waals surface area contributed by atoms with Gasteiger partial charge in [0.15, 0.2) is 0 Å².